The average Bonchev–Trinajstić information content (AvgIpc) is 2.70. The van der Waals surface area contributed by atoms with Crippen molar-refractivity contribution >= 4 is 11.8 Å². The standard InChI is InChI=1S/C11H20N2O3S/c1-9(6-15-3)16-7-10(14)8-17-11-12-4-5-13(11)2/h4-5,9-10,14H,6-8H2,1-3H3. The number of rotatable bonds is 8. The molecular weight excluding hydrogens is 240 g/mol. The number of thioether (sulfide) groups is 1. The van der Waals surface area contributed by atoms with Gasteiger partial charge in [-0.15, -0.1) is 0 Å². The lowest BCUT2D eigenvalue weighted by Gasteiger charge is -2.15. The van der Waals surface area contributed by atoms with Crippen LogP contribution in [0.3, 0.4) is 0 Å². The maximum absolute atomic E-state index is 9.73. The summed E-state index contributed by atoms with van der Waals surface area (Å²) in [5, 5.41) is 10.6. The Hall–Kier alpha value is -0.560. The Morgan fingerprint density at radius 2 is 2.29 bits per heavy atom. The second kappa shape index (κ2) is 7.71. The number of ether oxygens (including phenoxy) is 2. The van der Waals surface area contributed by atoms with Gasteiger partial charge in [0.05, 0.1) is 25.4 Å². The highest BCUT2D eigenvalue weighted by Gasteiger charge is 2.10. The Bertz CT molecular complexity index is 319. The summed E-state index contributed by atoms with van der Waals surface area (Å²) in [5.74, 6) is 0.574. The highest BCUT2D eigenvalue weighted by atomic mass is 32.2. The molecule has 1 aromatic rings. The number of hydrogen-bond donors (Lipinski definition) is 1. The number of nitrogens with zero attached hydrogens (tertiary/aromatic N) is 2. The molecule has 0 fully saturated rings. The molecule has 0 aliphatic rings. The van der Waals surface area contributed by atoms with Gasteiger partial charge in [-0.1, -0.05) is 11.8 Å². The number of imidazole rings is 1. The van der Waals surface area contributed by atoms with Crippen molar-refractivity contribution in [3.8, 4) is 0 Å². The Kier molecular flexibility index (Phi) is 6.57. The second-order valence-electron chi connectivity index (χ2n) is 3.88. The molecule has 2 atom stereocenters. The first-order valence-corrected chi connectivity index (χ1v) is 6.50. The minimum atomic E-state index is -0.490. The molecule has 0 aliphatic carbocycles. The van der Waals surface area contributed by atoms with Crippen molar-refractivity contribution in [3.63, 3.8) is 0 Å². The van der Waals surface area contributed by atoms with Crippen LogP contribution >= 0.6 is 11.8 Å². The van der Waals surface area contributed by atoms with E-state index in [1.165, 1.54) is 11.8 Å². The van der Waals surface area contributed by atoms with Crippen LogP contribution < -0.4 is 0 Å². The first-order chi connectivity index (χ1) is 8.13. The van der Waals surface area contributed by atoms with E-state index in [4.69, 9.17) is 9.47 Å². The highest BCUT2D eigenvalue weighted by molar-refractivity contribution is 7.99. The summed E-state index contributed by atoms with van der Waals surface area (Å²) in [6.45, 7) is 2.78. The van der Waals surface area contributed by atoms with Crippen LogP contribution in [-0.4, -0.2) is 52.9 Å². The van der Waals surface area contributed by atoms with Gasteiger partial charge in [0, 0.05) is 32.3 Å². The molecule has 0 saturated heterocycles. The molecule has 5 nitrogen and oxygen atoms in total. The van der Waals surface area contributed by atoms with E-state index >= 15 is 0 Å². The van der Waals surface area contributed by atoms with Crippen LogP contribution in [0.4, 0.5) is 0 Å². The molecule has 1 rings (SSSR count). The normalized spacial score (nSPS) is 14.8. The van der Waals surface area contributed by atoms with Gasteiger partial charge >= 0.3 is 0 Å². The summed E-state index contributed by atoms with van der Waals surface area (Å²) >= 11 is 1.52. The SMILES string of the molecule is COCC(C)OCC(O)CSc1nccn1C. The van der Waals surface area contributed by atoms with E-state index in [0.717, 1.165) is 5.16 Å². The van der Waals surface area contributed by atoms with Crippen LogP contribution in [0.1, 0.15) is 6.92 Å². The number of hydrogen-bond acceptors (Lipinski definition) is 5. The lowest BCUT2D eigenvalue weighted by molar-refractivity contribution is -0.0257. The minimum Gasteiger partial charge on any atom is -0.390 e. The number of aliphatic hydroxyl groups is 1. The van der Waals surface area contributed by atoms with Gasteiger partial charge in [0.1, 0.15) is 0 Å². The molecule has 6 heteroatoms. The molecule has 1 aromatic heterocycles. The predicted molar refractivity (Wildman–Crippen MR) is 67.2 cm³/mol. The Morgan fingerprint density at radius 3 is 2.88 bits per heavy atom. The first-order valence-electron chi connectivity index (χ1n) is 5.52. The highest BCUT2D eigenvalue weighted by Crippen LogP contribution is 2.15. The lowest BCUT2D eigenvalue weighted by Crippen LogP contribution is -2.24. The molecule has 0 saturated carbocycles. The molecule has 0 radical (unpaired) electrons. The number of aromatic nitrogens is 2. The summed E-state index contributed by atoms with van der Waals surface area (Å²) < 4.78 is 12.3. The van der Waals surface area contributed by atoms with Crippen LogP contribution in [0, 0.1) is 0 Å². The maximum Gasteiger partial charge on any atom is 0.167 e. The quantitative estimate of drug-likeness (QED) is 0.705. The van der Waals surface area contributed by atoms with Gasteiger partial charge in [-0.3, -0.25) is 0 Å². The summed E-state index contributed by atoms with van der Waals surface area (Å²) in [7, 11) is 3.56. The summed E-state index contributed by atoms with van der Waals surface area (Å²) in [4.78, 5) is 4.17. The largest absolute Gasteiger partial charge is 0.390 e. The Balaban J connectivity index is 2.17. The van der Waals surface area contributed by atoms with Gasteiger partial charge in [-0.2, -0.15) is 0 Å². The third-order valence-corrected chi connectivity index (χ3v) is 3.36. The number of methoxy groups -OCH3 is 1. The number of aryl methyl sites for hydroxylation is 1. The Morgan fingerprint density at radius 1 is 1.53 bits per heavy atom. The van der Waals surface area contributed by atoms with Crippen molar-refractivity contribution in [2.45, 2.75) is 24.3 Å². The first kappa shape index (κ1) is 14.5. The van der Waals surface area contributed by atoms with E-state index in [1.807, 2.05) is 24.7 Å². The zero-order chi connectivity index (χ0) is 12.7. The van der Waals surface area contributed by atoms with Crippen molar-refractivity contribution in [1.82, 2.24) is 9.55 Å². The molecular formula is C11H20N2O3S. The smallest absolute Gasteiger partial charge is 0.167 e. The van der Waals surface area contributed by atoms with E-state index in [-0.39, 0.29) is 6.10 Å². The monoisotopic (exact) mass is 260 g/mol. The molecule has 0 aliphatic heterocycles. The molecule has 98 valence electrons. The summed E-state index contributed by atoms with van der Waals surface area (Å²) in [6, 6.07) is 0. The van der Waals surface area contributed by atoms with Crippen molar-refractivity contribution in [3.05, 3.63) is 12.4 Å². The van der Waals surface area contributed by atoms with Crippen molar-refractivity contribution in [2.24, 2.45) is 7.05 Å². The molecule has 0 spiro atoms. The van der Waals surface area contributed by atoms with Crippen molar-refractivity contribution in [2.75, 3.05) is 26.1 Å². The lowest BCUT2D eigenvalue weighted by atomic mass is 10.4. The van der Waals surface area contributed by atoms with Crippen molar-refractivity contribution in [1.29, 1.82) is 0 Å². The third kappa shape index (κ3) is 5.54. The number of aliphatic hydroxyl groups excluding tert-OH is 1. The van der Waals surface area contributed by atoms with Crippen LogP contribution in [0.5, 0.6) is 0 Å². The van der Waals surface area contributed by atoms with Gasteiger partial charge in [-0.25, -0.2) is 4.98 Å². The minimum absolute atomic E-state index is 0.00723. The van der Waals surface area contributed by atoms with Crippen LogP contribution in [0.25, 0.3) is 0 Å². The van der Waals surface area contributed by atoms with Gasteiger partial charge in [0.25, 0.3) is 0 Å². The van der Waals surface area contributed by atoms with E-state index in [0.29, 0.717) is 19.0 Å². The Labute approximate surface area is 106 Å². The molecule has 17 heavy (non-hydrogen) atoms. The average molecular weight is 260 g/mol. The van der Waals surface area contributed by atoms with Crippen LogP contribution in [-0.2, 0) is 16.5 Å². The molecule has 2 unspecified atom stereocenters. The van der Waals surface area contributed by atoms with Gasteiger partial charge in [0.15, 0.2) is 5.16 Å². The van der Waals surface area contributed by atoms with Gasteiger partial charge in [-0.05, 0) is 6.92 Å². The van der Waals surface area contributed by atoms with E-state index in [2.05, 4.69) is 4.98 Å². The fraction of sp³-hybridized carbons (Fsp3) is 0.727. The molecule has 0 amide bonds. The van der Waals surface area contributed by atoms with E-state index in [1.54, 1.807) is 13.3 Å². The molecule has 0 bridgehead atoms. The summed E-state index contributed by atoms with van der Waals surface area (Å²) in [5.41, 5.74) is 0. The molecule has 0 aromatic carbocycles. The topological polar surface area (TPSA) is 56.5 Å². The molecule has 1 N–H and O–H groups in total. The third-order valence-electron chi connectivity index (χ3n) is 2.16. The zero-order valence-electron chi connectivity index (χ0n) is 10.5. The van der Waals surface area contributed by atoms with Crippen LogP contribution in [0.15, 0.2) is 17.6 Å². The fourth-order valence-electron chi connectivity index (χ4n) is 1.27. The van der Waals surface area contributed by atoms with Crippen LogP contribution in [0.2, 0.25) is 0 Å². The van der Waals surface area contributed by atoms with E-state index in [9.17, 15) is 5.11 Å². The van der Waals surface area contributed by atoms with E-state index < -0.39 is 6.10 Å². The van der Waals surface area contributed by atoms with Gasteiger partial charge < -0.3 is 19.1 Å². The zero-order valence-corrected chi connectivity index (χ0v) is 11.3. The maximum atomic E-state index is 9.73. The second-order valence-corrected chi connectivity index (χ2v) is 4.87. The van der Waals surface area contributed by atoms with Crippen molar-refractivity contribution < 1.29 is 14.6 Å². The fourth-order valence-corrected chi connectivity index (χ4v) is 2.11. The molecule has 1 heterocycles. The predicted octanol–water partition coefficient (Wildman–Crippen LogP) is 0.925. The summed E-state index contributed by atoms with van der Waals surface area (Å²) in [6.07, 6.45) is 3.14. The van der Waals surface area contributed by atoms with Gasteiger partial charge in [0.2, 0.25) is 0 Å².